The van der Waals surface area contributed by atoms with E-state index in [1.807, 2.05) is 12.1 Å². The molecule has 0 aromatic heterocycles. The second-order valence-electron chi connectivity index (χ2n) is 7.73. The number of nitrogens with two attached hydrogens (primary N) is 1. The van der Waals surface area contributed by atoms with E-state index in [1.165, 1.54) is 19.3 Å². The second kappa shape index (κ2) is 10.2. The van der Waals surface area contributed by atoms with Crippen molar-refractivity contribution in [3.8, 4) is 17.2 Å². The number of hydrogen-bond acceptors (Lipinski definition) is 5. The number of carbonyl (C=O) groups is 1. The molecule has 0 radical (unpaired) electrons. The zero-order chi connectivity index (χ0) is 19.4. The van der Waals surface area contributed by atoms with E-state index in [4.69, 9.17) is 19.9 Å². The molecule has 28 heavy (non-hydrogen) atoms. The topological polar surface area (TPSA) is 82.8 Å². The highest BCUT2D eigenvalue weighted by Crippen LogP contribution is 2.42. The van der Waals surface area contributed by atoms with Crippen LogP contribution in [0.4, 0.5) is 0 Å². The van der Waals surface area contributed by atoms with Gasteiger partial charge in [0.2, 0.25) is 11.7 Å². The van der Waals surface area contributed by atoms with E-state index < -0.39 is 0 Å². The quantitative estimate of drug-likeness (QED) is 0.719. The first-order chi connectivity index (χ1) is 13.1. The molecular weight excluding hydrogens is 380 g/mol. The van der Waals surface area contributed by atoms with Crippen LogP contribution in [0.5, 0.6) is 17.2 Å². The number of fused-ring (bicyclic) bond motifs is 2. The highest BCUT2D eigenvalue weighted by Gasteiger charge is 2.40. The molecule has 1 aromatic carbocycles. The number of rotatable bonds is 7. The smallest absolute Gasteiger partial charge is 0.223 e. The zero-order valence-corrected chi connectivity index (χ0v) is 17.8. The molecule has 2 unspecified atom stereocenters. The van der Waals surface area contributed by atoms with Gasteiger partial charge in [-0.1, -0.05) is 12.5 Å². The zero-order valence-electron chi connectivity index (χ0n) is 17.0. The monoisotopic (exact) mass is 412 g/mol. The lowest BCUT2D eigenvalue weighted by Crippen LogP contribution is -2.49. The van der Waals surface area contributed by atoms with Crippen LogP contribution in [0, 0.1) is 17.8 Å². The van der Waals surface area contributed by atoms with Crippen molar-refractivity contribution in [2.75, 3.05) is 27.9 Å². The summed E-state index contributed by atoms with van der Waals surface area (Å²) in [5.41, 5.74) is 7.32. The molecule has 2 aliphatic carbocycles. The highest BCUT2D eigenvalue weighted by molar-refractivity contribution is 5.85. The van der Waals surface area contributed by atoms with Gasteiger partial charge < -0.3 is 25.3 Å². The van der Waals surface area contributed by atoms with E-state index in [2.05, 4.69) is 5.32 Å². The van der Waals surface area contributed by atoms with Crippen LogP contribution in [-0.2, 0) is 11.2 Å². The Balaban J connectivity index is 0.00000280. The Kier molecular flexibility index (Phi) is 8.25. The molecule has 3 N–H and O–H groups in total. The maximum atomic E-state index is 12.7. The summed E-state index contributed by atoms with van der Waals surface area (Å²) in [7, 11) is 4.81. The van der Waals surface area contributed by atoms with E-state index >= 15 is 0 Å². The standard InChI is InChI=1S/C21H32N2O4.ClH/c1-25-17-8-7-13(19(26-2)20(17)27-3)9-10-23-21(24)16-11-14-5-4-6-15(12-16)18(14)22;/h7-8,14-16,18H,4-6,9-12,22H2,1-3H3,(H,23,24);1H. The van der Waals surface area contributed by atoms with Gasteiger partial charge in [-0.3, -0.25) is 4.79 Å². The number of halogens is 1. The number of ether oxygens (including phenoxy) is 3. The van der Waals surface area contributed by atoms with Crippen LogP contribution in [0.3, 0.4) is 0 Å². The van der Waals surface area contributed by atoms with Crippen molar-refractivity contribution in [2.45, 2.75) is 44.6 Å². The molecule has 0 heterocycles. The van der Waals surface area contributed by atoms with Crippen molar-refractivity contribution in [2.24, 2.45) is 23.5 Å². The molecule has 2 bridgehead atoms. The summed E-state index contributed by atoms with van der Waals surface area (Å²) in [6, 6.07) is 4.11. The van der Waals surface area contributed by atoms with Gasteiger partial charge in [-0.05, 0) is 50.0 Å². The highest BCUT2D eigenvalue weighted by atomic mass is 35.5. The number of benzene rings is 1. The molecule has 0 aliphatic heterocycles. The third-order valence-corrected chi connectivity index (χ3v) is 6.26. The number of carbonyl (C=O) groups excluding carboxylic acids is 1. The Bertz CT molecular complexity index is 656. The first kappa shape index (κ1) is 22.6. The van der Waals surface area contributed by atoms with Gasteiger partial charge in [0.15, 0.2) is 11.5 Å². The second-order valence-corrected chi connectivity index (χ2v) is 7.73. The molecule has 2 aliphatic rings. The summed E-state index contributed by atoms with van der Waals surface area (Å²) in [5.74, 6) is 3.17. The van der Waals surface area contributed by atoms with Crippen molar-refractivity contribution in [3.05, 3.63) is 17.7 Å². The Morgan fingerprint density at radius 2 is 1.71 bits per heavy atom. The lowest BCUT2D eigenvalue weighted by molar-refractivity contribution is -0.127. The Hall–Kier alpha value is -1.66. The maximum Gasteiger partial charge on any atom is 0.223 e. The maximum absolute atomic E-state index is 12.7. The van der Waals surface area contributed by atoms with E-state index in [0.29, 0.717) is 48.1 Å². The number of amides is 1. The van der Waals surface area contributed by atoms with Crippen LogP contribution < -0.4 is 25.3 Å². The summed E-state index contributed by atoms with van der Waals surface area (Å²) in [5, 5.41) is 3.12. The van der Waals surface area contributed by atoms with Crippen LogP contribution in [0.15, 0.2) is 12.1 Å². The van der Waals surface area contributed by atoms with Crippen LogP contribution >= 0.6 is 12.4 Å². The molecule has 1 aromatic rings. The van der Waals surface area contributed by atoms with E-state index in [-0.39, 0.29) is 24.2 Å². The van der Waals surface area contributed by atoms with Gasteiger partial charge in [0.1, 0.15) is 0 Å². The predicted octanol–water partition coefficient (Wildman–Crippen LogP) is 2.95. The molecule has 2 saturated carbocycles. The summed E-state index contributed by atoms with van der Waals surface area (Å²) in [6.45, 7) is 0.572. The van der Waals surface area contributed by atoms with Crippen molar-refractivity contribution in [1.29, 1.82) is 0 Å². The third kappa shape index (κ3) is 4.66. The Labute approximate surface area is 173 Å². The van der Waals surface area contributed by atoms with Crippen LogP contribution in [0.25, 0.3) is 0 Å². The van der Waals surface area contributed by atoms with Gasteiger partial charge in [0, 0.05) is 24.1 Å². The molecular formula is C21H33ClN2O4. The predicted molar refractivity (Wildman–Crippen MR) is 112 cm³/mol. The minimum Gasteiger partial charge on any atom is -0.493 e. The van der Waals surface area contributed by atoms with Gasteiger partial charge in [-0.2, -0.15) is 0 Å². The molecule has 3 rings (SSSR count). The largest absolute Gasteiger partial charge is 0.493 e. The fourth-order valence-electron chi connectivity index (χ4n) is 4.83. The lowest BCUT2D eigenvalue weighted by Gasteiger charge is -2.43. The fourth-order valence-corrected chi connectivity index (χ4v) is 4.83. The minimum absolute atomic E-state index is 0. The van der Waals surface area contributed by atoms with Crippen molar-refractivity contribution in [3.63, 3.8) is 0 Å². The summed E-state index contributed by atoms with van der Waals surface area (Å²) in [4.78, 5) is 12.7. The van der Waals surface area contributed by atoms with Crippen molar-refractivity contribution < 1.29 is 19.0 Å². The number of hydrogen-bond donors (Lipinski definition) is 2. The average molecular weight is 413 g/mol. The molecule has 2 atom stereocenters. The van der Waals surface area contributed by atoms with Crippen molar-refractivity contribution in [1.82, 2.24) is 5.32 Å². The van der Waals surface area contributed by atoms with Crippen molar-refractivity contribution >= 4 is 18.3 Å². The molecule has 1 amide bonds. The fraction of sp³-hybridized carbons (Fsp3) is 0.667. The normalized spacial score (nSPS) is 26.0. The molecule has 2 fully saturated rings. The third-order valence-electron chi connectivity index (χ3n) is 6.26. The van der Waals surface area contributed by atoms with Crippen LogP contribution in [-0.4, -0.2) is 39.8 Å². The summed E-state index contributed by atoms with van der Waals surface area (Å²) < 4.78 is 16.3. The molecule has 0 spiro atoms. The average Bonchev–Trinajstić information content (AvgIpc) is 2.66. The van der Waals surface area contributed by atoms with E-state index in [0.717, 1.165) is 18.4 Å². The van der Waals surface area contributed by atoms with Gasteiger partial charge >= 0.3 is 0 Å². The first-order valence-corrected chi connectivity index (χ1v) is 9.90. The van der Waals surface area contributed by atoms with Crippen LogP contribution in [0.2, 0.25) is 0 Å². The first-order valence-electron chi connectivity index (χ1n) is 9.90. The van der Waals surface area contributed by atoms with E-state index in [9.17, 15) is 4.79 Å². The Morgan fingerprint density at radius 3 is 2.29 bits per heavy atom. The summed E-state index contributed by atoms with van der Waals surface area (Å²) >= 11 is 0. The minimum atomic E-state index is 0. The number of nitrogens with one attached hydrogen (secondary N) is 1. The van der Waals surface area contributed by atoms with Gasteiger partial charge in [-0.15, -0.1) is 12.4 Å². The molecule has 7 heteroatoms. The van der Waals surface area contributed by atoms with Gasteiger partial charge in [0.25, 0.3) is 0 Å². The SMILES string of the molecule is COc1ccc(CCNC(=O)C2CC3CCCC(C2)C3N)c(OC)c1OC.Cl. The molecule has 6 nitrogen and oxygen atoms in total. The molecule has 0 saturated heterocycles. The van der Waals surface area contributed by atoms with Gasteiger partial charge in [0.05, 0.1) is 21.3 Å². The number of methoxy groups -OCH3 is 3. The van der Waals surface area contributed by atoms with E-state index in [1.54, 1.807) is 21.3 Å². The molecule has 158 valence electrons. The summed E-state index contributed by atoms with van der Waals surface area (Å²) in [6.07, 6.45) is 6.14. The lowest BCUT2D eigenvalue weighted by atomic mass is 9.65. The Morgan fingerprint density at radius 1 is 1.07 bits per heavy atom. The van der Waals surface area contributed by atoms with Crippen LogP contribution in [0.1, 0.15) is 37.7 Å². The van der Waals surface area contributed by atoms with Gasteiger partial charge in [-0.25, -0.2) is 0 Å².